The lowest BCUT2D eigenvalue weighted by molar-refractivity contribution is 0.0642. The van der Waals surface area contributed by atoms with Gasteiger partial charge in [-0.1, -0.05) is 36.4 Å². The van der Waals surface area contributed by atoms with Crippen LogP contribution in [0.2, 0.25) is 0 Å². The Morgan fingerprint density at radius 3 is 1.96 bits per heavy atom. The van der Waals surface area contributed by atoms with Crippen molar-refractivity contribution in [1.29, 1.82) is 0 Å². The summed E-state index contributed by atoms with van der Waals surface area (Å²) in [6.07, 6.45) is 3.12. The molecule has 1 aliphatic rings. The smallest absolute Gasteiger partial charge is 0.261 e. The Bertz CT molecular complexity index is 883. The van der Waals surface area contributed by atoms with Crippen LogP contribution in [0.5, 0.6) is 0 Å². The van der Waals surface area contributed by atoms with E-state index in [9.17, 15) is 9.59 Å². The SMILES string of the molecule is O=C1c2ccccc2C(=O)N1Cc1ccccc1Cn1cncn1. The lowest BCUT2D eigenvalue weighted by Gasteiger charge is -2.16. The molecule has 2 heterocycles. The van der Waals surface area contributed by atoms with E-state index in [-0.39, 0.29) is 18.4 Å². The van der Waals surface area contributed by atoms with E-state index < -0.39 is 0 Å². The molecule has 24 heavy (non-hydrogen) atoms. The van der Waals surface area contributed by atoms with Gasteiger partial charge in [-0.05, 0) is 23.3 Å². The van der Waals surface area contributed by atoms with Crippen molar-refractivity contribution in [3.05, 3.63) is 83.4 Å². The quantitative estimate of drug-likeness (QED) is 0.691. The van der Waals surface area contributed by atoms with E-state index in [1.807, 2.05) is 24.3 Å². The molecular formula is C18H14N4O2. The molecule has 2 amide bonds. The van der Waals surface area contributed by atoms with Gasteiger partial charge in [0.2, 0.25) is 0 Å². The maximum atomic E-state index is 12.5. The van der Waals surface area contributed by atoms with Gasteiger partial charge in [0.05, 0.1) is 24.2 Å². The topological polar surface area (TPSA) is 68.1 Å². The summed E-state index contributed by atoms with van der Waals surface area (Å²) in [5.41, 5.74) is 2.86. The summed E-state index contributed by atoms with van der Waals surface area (Å²) < 4.78 is 1.71. The van der Waals surface area contributed by atoms with E-state index >= 15 is 0 Å². The number of hydrogen-bond donors (Lipinski definition) is 0. The molecule has 0 atom stereocenters. The first-order valence-corrected chi connectivity index (χ1v) is 7.58. The second kappa shape index (κ2) is 5.73. The molecule has 6 heteroatoms. The minimum absolute atomic E-state index is 0.244. The normalized spacial score (nSPS) is 13.4. The highest BCUT2D eigenvalue weighted by atomic mass is 16.2. The largest absolute Gasteiger partial charge is 0.270 e. The van der Waals surface area contributed by atoms with E-state index in [1.165, 1.54) is 11.2 Å². The standard InChI is InChI=1S/C18H14N4O2/c23-17-15-7-3-4-8-16(15)18(24)22(17)10-14-6-2-1-5-13(14)9-21-12-19-11-20-21/h1-8,11-12H,9-10H2. The summed E-state index contributed by atoms with van der Waals surface area (Å²) in [5, 5.41) is 4.10. The number of benzene rings is 2. The van der Waals surface area contributed by atoms with Gasteiger partial charge in [-0.2, -0.15) is 5.10 Å². The van der Waals surface area contributed by atoms with Crippen molar-refractivity contribution in [2.45, 2.75) is 13.1 Å². The minimum Gasteiger partial charge on any atom is -0.270 e. The zero-order valence-electron chi connectivity index (χ0n) is 12.8. The van der Waals surface area contributed by atoms with Crippen LogP contribution in [0.4, 0.5) is 0 Å². The molecule has 1 aliphatic heterocycles. The van der Waals surface area contributed by atoms with Crippen LogP contribution in [0.1, 0.15) is 31.8 Å². The van der Waals surface area contributed by atoms with Crippen molar-refractivity contribution in [2.24, 2.45) is 0 Å². The fourth-order valence-electron chi connectivity index (χ4n) is 2.91. The molecule has 6 nitrogen and oxygen atoms in total. The Balaban J connectivity index is 1.63. The highest BCUT2D eigenvalue weighted by molar-refractivity contribution is 6.21. The number of nitrogens with zero attached hydrogens (tertiary/aromatic N) is 4. The number of imide groups is 1. The van der Waals surface area contributed by atoms with Crippen LogP contribution >= 0.6 is 0 Å². The third-order valence-corrected chi connectivity index (χ3v) is 4.12. The van der Waals surface area contributed by atoms with Crippen LogP contribution in [0.25, 0.3) is 0 Å². The molecule has 0 saturated carbocycles. The summed E-state index contributed by atoms with van der Waals surface area (Å²) in [6, 6.07) is 14.6. The number of hydrogen-bond acceptors (Lipinski definition) is 4. The number of rotatable bonds is 4. The van der Waals surface area contributed by atoms with E-state index in [2.05, 4.69) is 10.1 Å². The lowest BCUT2D eigenvalue weighted by Crippen LogP contribution is -2.29. The van der Waals surface area contributed by atoms with Gasteiger partial charge in [-0.25, -0.2) is 9.67 Å². The third kappa shape index (κ3) is 2.38. The van der Waals surface area contributed by atoms with E-state index in [0.29, 0.717) is 17.7 Å². The zero-order valence-corrected chi connectivity index (χ0v) is 12.8. The Morgan fingerprint density at radius 2 is 1.38 bits per heavy atom. The predicted molar refractivity (Wildman–Crippen MR) is 86.2 cm³/mol. The molecule has 0 bridgehead atoms. The van der Waals surface area contributed by atoms with Gasteiger partial charge in [0.1, 0.15) is 12.7 Å². The predicted octanol–water partition coefficient (Wildman–Crippen LogP) is 2.12. The lowest BCUT2D eigenvalue weighted by atomic mass is 10.1. The van der Waals surface area contributed by atoms with Gasteiger partial charge in [-0.3, -0.25) is 14.5 Å². The van der Waals surface area contributed by atoms with Crippen molar-refractivity contribution in [3.63, 3.8) is 0 Å². The van der Waals surface area contributed by atoms with Crippen LogP contribution in [0, 0.1) is 0 Å². The molecule has 3 aromatic rings. The average molecular weight is 318 g/mol. The number of carbonyl (C=O) groups excluding carboxylic acids is 2. The van der Waals surface area contributed by atoms with Gasteiger partial charge in [-0.15, -0.1) is 0 Å². The maximum absolute atomic E-state index is 12.5. The van der Waals surface area contributed by atoms with Gasteiger partial charge in [0.15, 0.2) is 0 Å². The van der Waals surface area contributed by atoms with Gasteiger partial charge < -0.3 is 0 Å². The van der Waals surface area contributed by atoms with Crippen molar-refractivity contribution >= 4 is 11.8 Å². The van der Waals surface area contributed by atoms with E-state index in [1.54, 1.807) is 35.3 Å². The molecule has 0 saturated heterocycles. The Labute approximate surface area is 138 Å². The Hall–Kier alpha value is -3.28. The van der Waals surface area contributed by atoms with Gasteiger partial charge >= 0.3 is 0 Å². The Kier molecular flexibility index (Phi) is 3.42. The first-order valence-electron chi connectivity index (χ1n) is 7.58. The summed E-state index contributed by atoms with van der Waals surface area (Å²) in [5.74, 6) is -0.489. The maximum Gasteiger partial charge on any atom is 0.261 e. The van der Waals surface area contributed by atoms with Crippen LogP contribution in [-0.4, -0.2) is 31.5 Å². The number of carbonyl (C=O) groups is 2. The molecule has 0 unspecified atom stereocenters. The Morgan fingerprint density at radius 1 is 0.792 bits per heavy atom. The zero-order chi connectivity index (χ0) is 16.5. The molecule has 0 fully saturated rings. The fraction of sp³-hybridized carbons (Fsp3) is 0.111. The van der Waals surface area contributed by atoms with E-state index in [0.717, 1.165) is 11.1 Å². The van der Waals surface area contributed by atoms with Crippen molar-refractivity contribution in [3.8, 4) is 0 Å². The first-order chi connectivity index (χ1) is 11.7. The van der Waals surface area contributed by atoms with Crippen molar-refractivity contribution in [2.75, 3.05) is 0 Å². The molecule has 118 valence electrons. The summed E-state index contributed by atoms with van der Waals surface area (Å²) in [6.45, 7) is 0.788. The minimum atomic E-state index is -0.244. The molecule has 0 spiro atoms. The third-order valence-electron chi connectivity index (χ3n) is 4.12. The summed E-state index contributed by atoms with van der Waals surface area (Å²) >= 11 is 0. The summed E-state index contributed by atoms with van der Waals surface area (Å²) in [7, 11) is 0. The molecule has 4 rings (SSSR count). The second-order valence-electron chi connectivity index (χ2n) is 5.60. The second-order valence-corrected chi connectivity index (χ2v) is 5.60. The van der Waals surface area contributed by atoms with E-state index in [4.69, 9.17) is 0 Å². The fourth-order valence-corrected chi connectivity index (χ4v) is 2.91. The monoisotopic (exact) mass is 318 g/mol. The van der Waals surface area contributed by atoms with Crippen molar-refractivity contribution in [1.82, 2.24) is 19.7 Å². The van der Waals surface area contributed by atoms with Crippen molar-refractivity contribution < 1.29 is 9.59 Å². The highest BCUT2D eigenvalue weighted by Gasteiger charge is 2.35. The van der Waals surface area contributed by atoms with Gasteiger partial charge in [0, 0.05) is 0 Å². The van der Waals surface area contributed by atoms with Crippen LogP contribution in [0.15, 0.2) is 61.2 Å². The summed E-state index contributed by atoms with van der Waals surface area (Å²) in [4.78, 5) is 30.3. The van der Waals surface area contributed by atoms with Crippen LogP contribution in [-0.2, 0) is 13.1 Å². The first kappa shape index (κ1) is 14.3. The highest BCUT2D eigenvalue weighted by Crippen LogP contribution is 2.25. The molecule has 0 aliphatic carbocycles. The van der Waals surface area contributed by atoms with Crippen LogP contribution < -0.4 is 0 Å². The number of aromatic nitrogens is 3. The van der Waals surface area contributed by atoms with Crippen LogP contribution in [0.3, 0.4) is 0 Å². The molecular weight excluding hydrogens is 304 g/mol. The number of fused-ring (bicyclic) bond motifs is 1. The molecule has 2 aromatic carbocycles. The molecule has 0 radical (unpaired) electrons. The molecule has 1 aromatic heterocycles. The average Bonchev–Trinajstić information content (AvgIpc) is 3.20. The molecule has 0 N–H and O–H groups in total. The van der Waals surface area contributed by atoms with Gasteiger partial charge in [0.25, 0.3) is 11.8 Å². The number of amides is 2.